The molecule has 4 nitrogen and oxygen atoms in total. The predicted octanol–water partition coefficient (Wildman–Crippen LogP) is 1.09. The molecule has 0 radical (unpaired) electrons. The summed E-state index contributed by atoms with van der Waals surface area (Å²) in [6.45, 7) is 1.42. The summed E-state index contributed by atoms with van der Waals surface area (Å²) in [7, 11) is 3.70. The molecule has 78 valence electrons. The maximum absolute atomic E-state index is 9.52. The second kappa shape index (κ2) is 10.2. The summed E-state index contributed by atoms with van der Waals surface area (Å²) in [4.78, 5) is 9.52. The molecular formula is C7H16N2O2S2. The summed E-state index contributed by atoms with van der Waals surface area (Å²) in [6, 6.07) is 0. The highest BCUT2D eigenvalue weighted by Gasteiger charge is 1.95. The van der Waals surface area contributed by atoms with Crippen LogP contribution in [0, 0.1) is 0 Å². The summed E-state index contributed by atoms with van der Waals surface area (Å²) >= 11 is 0. The molecule has 1 fully saturated rings. The Labute approximate surface area is 86.6 Å². The van der Waals surface area contributed by atoms with Crippen molar-refractivity contribution in [3.63, 3.8) is 0 Å². The number of carbonyl (C=O) groups is 1. The molecule has 0 aromatic rings. The van der Waals surface area contributed by atoms with Gasteiger partial charge in [0.05, 0.1) is 6.42 Å². The van der Waals surface area contributed by atoms with Crippen molar-refractivity contribution in [2.75, 3.05) is 18.8 Å². The lowest BCUT2D eigenvalue weighted by atomic mass is 10.3. The van der Waals surface area contributed by atoms with E-state index in [4.69, 9.17) is 10.8 Å². The van der Waals surface area contributed by atoms with E-state index in [1.165, 1.54) is 25.1 Å². The van der Waals surface area contributed by atoms with Crippen LogP contribution in [0.5, 0.6) is 0 Å². The standard InChI is InChI=1S/C4H9NS2.C3H7NO2/c1-2-4-6-7-5-3-1;4-2-1-3(5)6/h5H,1-4H2;1-2,4H2,(H,5,6). The van der Waals surface area contributed by atoms with Gasteiger partial charge in [-0.2, -0.15) is 0 Å². The molecule has 4 N–H and O–H groups in total. The minimum Gasteiger partial charge on any atom is -0.481 e. The van der Waals surface area contributed by atoms with E-state index in [0.29, 0.717) is 0 Å². The van der Waals surface area contributed by atoms with Crippen LogP contribution in [0.15, 0.2) is 0 Å². The second-order valence-corrected chi connectivity index (χ2v) is 4.75. The van der Waals surface area contributed by atoms with Crippen LogP contribution in [0.25, 0.3) is 0 Å². The largest absolute Gasteiger partial charge is 0.481 e. The van der Waals surface area contributed by atoms with Crippen LogP contribution in [0.2, 0.25) is 0 Å². The van der Waals surface area contributed by atoms with Crippen molar-refractivity contribution in [1.29, 1.82) is 0 Å². The SMILES string of the molecule is C1CCSSNC1.NCCC(=O)O. The molecule has 0 saturated carbocycles. The minimum absolute atomic E-state index is 0.0694. The summed E-state index contributed by atoms with van der Waals surface area (Å²) in [5.74, 6) is 0.481. The molecule has 1 aliphatic rings. The number of nitrogens with two attached hydrogens (primary N) is 1. The lowest BCUT2D eigenvalue weighted by molar-refractivity contribution is -0.136. The van der Waals surface area contributed by atoms with Gasteiger partial charge in [-0.15, -0.1) is 0 Å². The zero-order valence-electron chi connectivity index (χ0n) is 7.49. The number of carboxylic acid groups (broad SMARTS) is 1. The number of nitrogens with one attached hydrogen (secondary N) is 1. The van der Waals surface area contributed by atoms with Gasteiger partial charge < -0.3 is 10.8 Å². The molecule has 1 aliphatic heterocycles. The fourth-order valence-corrected chi connectivity index (χ4v) is 2.43. The Morgan fingerprint density at radius 1 is 1.54 bits per heavy atom. The van der Waals surface area contributed by atoms with Crippen LogP contribution in [0.4, 0.5) is 0 Å². The van der Waals surface area contributed by atoms with E-state index in [9.17, 15) is 4.79 Å². The van der Waals surface area contributed by atoms with Gasteiger partial charge in [-0.05, 0) is 23.8 Å². The highest BCUT2D eigenvalue weighted by Crippen LogP contribution is 2.21. The van der Waals surface area contributed by atoms with Crippen molar-refractivity contribution in [1.82, 2.24) is 4.72 Å². The Balaban J connectivity index is 0.000000226. The van der Waals surface area contributed by atoms with E-state index >= 15 is 0 Å². The van der Waals surface area contributed by atoms with Crippen molar-refractivity contribution in [3.05, 3.63) is 0 Å². The highest BCUT2D eigenvalue weighted by molar-refractivity contribution is 8.76. The Kier molecular flexibility index (Phi) is 10.2. The van der Waals surface area contributed by atoms with Crippen LogP contribution in [0.3, 0.4) is 0 Å². The smallest absolute Gasteiger partial charge is 0.304 e. The van der Waals surface area contributed by atoms with Gasteiger partial charge in [-0.25, -0.2) is 0 Å². The molecule has 0 bridgehead atoms. The van der Waals surface area contributed by atoms with E-state index < -0.39 is 5.97 Å². The van der Waals surface area contributed by atoms with Gasteiger partial charge in [0.2, 0.25) is 0 Å². The number of aliphatic carboxylic acids is 1. The zero-order valence-corrected chi connectivity index (χ0v) is 9.12. The Morgan fingerprint density at radius 2 is 2.31 bits per heavy atom. The van der Waals surface area contributed by atoms with E-state index in [1.54, 1.807) is 11.0 Å². The summed E-state index contributed by atoms with van der Waals surface area (Å²) in [6.07, 6.45) is 2.80. The van der Waals surface area contributed by atoms with E-state index in [1.807, 2.05) is 10.8 Å². The molecule has 1 saturated heterocycles. The van der Waals surface area contributed by atoms with Crippen molar-refractivity contribution in [2.45, 2.75) is 19.3 Å². The summed E-state index contributed by atoms with van der Waals surface area (Å²) in [5.41, 5.74) is 4.85. The molecule has 0 aromatic carbocycles. The summed E-state index contributed by atoms with van der Waals surface area (Å²) in [5, 5.41) is 7.83. The van der Waals surface area contributed by atoms with Gasteiger partial charge in [0.15, 0.2) is 0 Å². The molecule has 0 unspecified atom stereocenters. The van der Waals surface area contributed by atoms with Crippen LogP contribution in [-0.4, -0.2) is 29.9 Å². The lowest BCUT2D eigenvalue weighted by Crippen LogP contribution is -2.05. The fourth-order valence-electron chi connectivity index (χ4n) is 0.607. The Hall–Kier alpha value is 0.0900. The van der Waals surface area contributed by atoms with Gasteiger partial charge in [0, 0.05) is 18.8 Å². The maximum Gasteiger partial charge on any atom is 0.304 e. The first-order valence-corrected chi connectivity index (χ1v) is 6.52. The molecule has 0 atom stereocenters. The van der Waals surface area contributed by atoms with Gasteiger partial charge in [0.25, 0.3) is 0 Å². The fraction of sp³-hybridized carbons (Fsp3) is 0.857. The van der Waals surface area contributed by atoms with Gasteiger partial charge >= 0.3 is 5.97 Å². The van der Waals surface area contributed by atoms with Crippen molar-refractivity contribution < 1.29 is 9.90 Å². The van der Waals surface area contributed by atoms with Crippen LogP contribution in [-0.2, 0) is 4.79 Å². The third-order valence-electron chi connectivity index (χ3n) is 1.23. The normalized spacial score (nSPS) is 16.7. The van der Waals surface area contributed by atoms with E-state index in [-0.39, 0.29) is 13.0 Å². The number of carboxylic acids is 1. The Morgan fingerprint density at radius 3 is 2.85 bits per heavy atom. The lowest BCUT2D eigenvalue weighted by Gasteiger charge is -1.89. The molecule has 6 heteroatoms. The van der Waals surface area contributed by atoms with E-state index in [0.717, 1.165) is 0 Å². The van der Waals surface area contributed by atoms with Crippen LogP contribution < -0.4 is 10.5 Å². The maximum atomic E-state index is 9.52. The minimum atomic E-state index is -0.836. The molecule has 1 heterocycles. The Bertz CT molecular complexity index is 116. The number of hydrogen-bond acceptors (Lipinski definition) is 5. The topological polar surface area (TPSA) is 75.3 Å². The quantitative estimate of drug-likeness (QED) is 0.481. The predicted molar refractivity (Wildman–Crippen MR) is 58.6 cm³/mol. The average Bonchev–Trinajstić information content (AvgIpc) is 2.35. The zero-order chi connectivity index (χ0) is 9.94. The average molecular weight is 224 g/mol. The molecule has 0 aromatic heterocycles. The van der Waals surface area contributed by atoms with Crippen molar-refractivity contribution in [2.24, 2.45) is 5.73 Å². The number of hydrogen-bond donors (Lipinski definition) is 3. The molecule has 1 rings (SSSR count). The van der Waals surface area contributed by atoms with E-state index in [2.05, 4.69) is 4.72 Å². The first-order chi connectivity index (χ1) is 6.27. The molecule has 0 amide bonds. The van der Waals surface area contributed by atoms with Gasteiger partial charge in [0.1, 0.15) is 0 Å². The van der Waals surface area contributed by atoms with Gasteiger partial charge in [-0.3, -0.25) is 9.52 Å². The second-order valence-electron chi connectivity index (χ2n) is 2.44. The third kappa shape index (κ3) is 12.1. The highest BCUT2D eigenvalue weighted by atomic mass is 33.1. The summed E-state index contributed by atoms with van der Waals surface area (Å²) < 4.78 is 3.23. The first-order valence-electron chi connectivity index (χ1n) is 4.20. The molecule has 0 spiro atoms. The monoisotopic (exact) mass is 224 g/mol. The molecule has 0 aliphatic carbocycles. The van der Waals surface area contributed by atoms with Crippen LogP contribution in [0.1, 0.15) is 19.3 Å². The molecular weight excluding hydrogens is 208 g/mol. The molecule has 13 heavy (non-hydrogen) atoms. The van der Waals surface area contributed by atoms with Crippen LogP contribution >= 0.6 is 21.8 Å². The first kappa shape index (κ1) is 13.1. The number of rotatable bonds is 2. The third-order valence-corrected chi connectivity index (χ3v) is 3.33. The van der Waals surface area contributed by atoms with Crippen molar-refractivity contribution >= 4 is 27.7 Å². The van der Waals surface area contributed by atoms with Gasteiger partial charge in [-0.1, -0.05) is 10.8 Å². The van der Waals surface area contributed by atoms with Crippen molar-refractivity contribution in [3.8, 4) is 0 Å².